The average Bonchev–Trinajstić information content (AvgIpc) is 3.32. The maximum Gasteiger partial charge on any atom is 0.310 e. The van der Waals surface area contributed by atoms with Crippen LogP contribution in [0.5, 0.6) is 0 Å². The highest BCUT2D eigenvalue weighted by molar-refractivity contribution is 7.92. The van der Waals surface area contributed by atoms with Gasteiger partial charge in [-0.1, -0.05) is 17.3 Å². The van der Waals surface area contributed by atoms with Gasteiger partial charge in [-0.3, -0.25) is 4.79 Å². The number of carbonyl (C=O) groups excluding carboxylic acids is 1. The van der Waals surface area contributed by atoms with Crippen LogP contribution < -0.4 is 0 Å². The molecule has 0 bridgehead atoms. The molecule has 27 heavy (non-hydrogen) atoms. The summed E-state index contributed by atoms with van der Waals surface area (Å²) in [6.07, 6.45) is 1.56. The van der Waals surface area contributed by atoms with Gasteiger partial charge in [-0.2, -0.15) is 0 Å². The first-order chi connectivity index (χ1) is 12.9. The second kappa shape index (κ2) is 7.79. The predicted molar refractivity (Wildman–Crippen MR) is 96.5 cm³/mol. The van der Waals surface area contributed by atoms with E-state index in [2.05, 4.69) is 5.16 Å². The summed E-state index contributed by atoms with van der Waals surface area (Å²) in [4.78, 5) is 12.2. The van der Waals surface area contributed by atoms with Gasteiger partial charge in [0.05, 0.1) is 22.8 Å². The summed E-state index contributed by atoms with van der Waals surface area (Å²) in [5, 5.41) is 3.33. The minimum Gasteiger partial charge on any atom is -0.461 e. The van der Waals surface area contributed by atoms with E-state index in [1.165, 1.54) is 18.4 Å². The zero-order valence-electron chi connectivity index (χ0n) is 14.9. The quantitative estimate of drug-likeness (QED) is 0.571. The number of furan rings is 1. The third kappa shape index (κ3) is 4.46. The van der Waals surface area contributed by atoms with Crippen LogP contribution in [0.2, 0.25) is 0 Å². The Morgan fingerprint density at radius 3 is 2.52 bits per heavy atom. The van der Waals surface area contributed by atoms with Crippen molar-refractivity contribution in [3.63, 3.8) is 0 Å². The van der Waals surface area contributed by atoms with Crippen molar-refractivity contribution in [1.29, 1.82) is 0 Å². The van der Waals surface area contributed by atoms with Gasteiger partial charge in [-0.25, -0.2) is 8.42 Å². The molecule has 0 radical (unpaired) electrons. The summed E-state index contributed by atoms with van der Waals surface area (Å²) in [6.45, 7) is 3.23. The molecule has 0 atom stereocenters. The number of hydrogen-bond acceptors (Lipinski definition) is 7. The summed E-state index contributed by atoms with van der Waals surface area (Å²) < 4.78 is 39.7. The van der Waals surface area contributed by atoms with Gasteiger partial charge in [-0.15, -0.1) is 0 Å². The third-order valence-corrected chi connectivity index (χ3v) is 6.10. The number of hydrogen-bond donors (Lipinski definition) is 0. The monoisotopic (exact) mass is 389 g/mol. The molecule has 0 saturated carbocycles. The molecular formula is C19H19NO6S. The minimum atomic E-state index is -3.33. The van der Waals surface area contributed by atoms with Gasteiger partial charge in [0, 0.05) is 6.07 Å². The molecule has 142 valence electrons. The molecule has 0 spiro atoms. The molecule has 0 aliphatic carbocycles. The fourth-order valence-corrected chi connectivity index (χ4v) is 3.42. The third-order valence-electron chi connectivity index (χ3n) is 3.92. The van der Waals surface area contributed by atoms with Crippen LogP contribution in [0.25, 0.3) is 11.5 Å². The molecule has 0 aliphatic heterocycles. The van der Waals surface area contributed by atoms with Crippen molar-refractivity contribution in [2.75, 3.05) is 0 Å². The molecular weight excluding hydrogens is 370 g/mol. The standard InChI is InChI=1S/C19H19NO6S/c1-13(2)27(22,23)16-7-5-14(6-8-16)10-19(21)25-12-15-11-18(26-20-15)17-4-3-9-24-17/h3-9,11,13H,10,12H2,1-2H3. The molecule has 0 N–H and O–H groups in total. The van der Waals surface area contributed by atoms with Crippen molar-refractivity contribution in [1.82, 2.24) is 5.16 Å². The summed E-state index contributed by atoms with van der Waals surface area (Å²) >= 11 is 0. The van der Waals surface area contributed by atoms with Crippen molar-refractivity contribution in [2.24, 2.45) is 0 Å². The van der Waals surface area contributed by atoms with Crippen LogP contribution in [0.1, 0.15) is 25.1 Å². The van der Waals surface area contributed by atoms with Crippen LogP contribution in [0.4, 0.5) is 0 Å². The Balaban J connectivity index is 1.55. The zero-order valence-corrected chi connectivity index (χ0v) is 15.7. The minimum absolute atomic E-state index is 0.0249. The van der Waals surface area contributed by atoms with E-state index in [-0.39, 0.29) is 17.9 Å². The van der Waals surface area contributed by atoms with E-state index in [1.54, 1.807) is 44.2 Å². The predicted octanol–water partition coefficient (Wildman–Crippen LogP) is 3.40. The van der Waals surface area contributed by atoms with Crippen LogP contribution in [-0.2, 0) is 32.4 Å². The number of aromatic nitrogens is 1. The Morgan fingerprint density at radius 2 is 1.89 bits per heavy atom. The number of ether oxygens (including phenoxy) is 1. The second-order valence-corrected chi connectivity index (χ2v) is 8.74. The van der Waals surface area contributed by atoms with E-state index in [9.17, 15) is 13.2 Å². The first-order valence-electron chi connectivity index (χ1n) is 8.34. The van der Waals surface area contributed by atoms with Crippen LogP contribution >= 0.6 is 0 Å². The summed E-state index contributed by atoms with van der Waals surface area (Å²) in [6, 6.07) is 11.3. The highest BCUT2D eigenvalue weighted by Gasteiger charge is 2.19. The first kappa shape index (κ1) is 18.9. The number of sulfone groups is 1. The van der Waals surface area contributed by atoms with Gasteiger partial charge >= 0.3 is 5.97 Å². The van der Waals surface area contributed by atoms with E-state index >= 15 is 0 Å². The summed E-state index contributed by atoms with van der Waals surface area (Å²) in [5.41, 5.74) is 1.13. The van der Waals surface area contributed by atoms with Crippen LogP contribution in [0, 0.1) is 0 Å². The van der Waals surface area contributed by atoms with Crippen LogP contribution in [-0.4, -0.2) is 24.8 Å². The van der Waals surface area contributed by atoms with E-state index in [0.29, 0.717) is 22.8 Å². The molecule has 0 fully saturated rings. The van der Waals surface area contributed by atoms with Crippen molar-refractivity contribution in [3.05, 3.63) is 60.0 Å². The van der Waals surface area contributed by atoms with E-state index in [0.717, 1.165) is 0 Å². The van der Waals surface area contributed by atoms with Crippen LogP contribution in [0.15, 0.2) is 62.6 Å². The number of carbonyl (C=O) groups is 1. The molecule has 0 aliphatic rings. The highest BCUT2D eigenvalue weighted by Crippen LogP contribution is 2.21. The van der Waals surface area contributed by atoms with E-state index in [4.69, 9.17) is 13.7 Å². The SMILES string of the molecule is CC(C)S(=O)(=O)c1ccc(CC(=O)OCc2cc(-c3ccco3)on2)cc1. The molecule has 0 amide bonds. The Bertz CT molecular complexity index is 1000. The molecule has 2 aromatic heterocycles. The second-order valence-electron chi connectivity index (χ2n) is 6.23. The Labute approximate surface area is 156 Å². The number of nitrogens with zero attached hydrogens (tertiary/aromatic N) is 1. The molecule has 3 rings (SSSR count). The molecule has 7 nitrogen and oxygen atoms in total. The maximum atomic E-state index is 12.1. The van der Waals surface area contributed by atoms with Gasteiger partial charge in [-0.05, 0) is 43.7 Å². The molecule has 0 saturated heterocycles. The van der Waals surface area contributed by atoms with Gasteiger partial charge in [0.25, 0.3) is 0 Å². The average molecular weight is 389 g/mol. The van der Waals surface area contributed by atoms with Gasteiger partial charge in [0.15, 0.2) is 15.6 Å². The highest BCUT2D eigenvalue weighted by atomic mass is 32.2. The van der Waals surface area contributed by atoms with Crippen molar-refractivity contribution >= 4 is 15.8 Å². The fraction of sp³-hybridized carbons (Fsp3) is 0.263. The smallest absolute Gasteiger partial charge is 0.310 e. The van der Waals surface area contributed by atoms with Crippen LogP contribution in [0.3, 0.4) is 0 Å². The van der Waals surface area contributed by atoms with Crippen molar-refractivity contribution in [3.8, 4) is 11.5 Å². The number of benzene rings is 1. The number of esters is 1. The lowest BCUT2D eigenvalue weighted by Crippen LogP contribution is -2.14. The molecule has 0 unspecified atom stereocenters. The molecule has 1 aromatic carbocycles. The Kier molecular flexibility index (Phi) is 5.46. The lowest BCUT2D eigenvalue weighted by Gasteiger charge is -2.08. The Hall–Kier alpha value is -2.87. The zero-order chi connectivity index (χ0) is 19.4. The maximum absolute atomic E-state index is 12.1. The van der Waals surface area contributed by atoms with Crippen molar-refractivity contribution < 1.29 is 26.9 Å². The van der Waals surface area contributed by atoms with Gasteiger partial charge in [0.1, 0.15) is 12.3 Å². The van der Waals surface area contributed by atoms with E-state index in [1.807, 2.05) is 0 Å². The largest absolute Gasteiger partial charge is 0.461 e. The number of rotatable bonds is 7. The topological polar surface area (TPSA) is 99.6 Å². The van der Waals surface area contributed by atoms with E-state index < -0.39 is 21.1 Å². The van der Waals surface area contributed by atoms with Gasteiger partial charge in [0.2, 0.25) is 5.76 Å². The Morgan fingerprint density at radius 1 is 1.15 bits per heavy atom. The van der Waals surface area contributed by atoms with Gasteiger partial charge < -0.3 is 13.7 Å². The first-order valence-corrected chi connectivity index (χ1v) is 9.89. The normalized spacial score (nSPS) is 11.7. The molecule has 2 heterocycles. The molecule has 3 aromatic rings. The van der Waals surface area contributed by atoms with Crippen molar-refractivity contribution in [2.45, 2.75) is 37.0 Å². The lowest BCUT2D eigenvalue weighted by atomic mass is 10.1. The molecule has 8 heteroatoms. The fourth-order valence-electron chi connectivity index (χ4n) is 2.36. The lowest BCUT2D eigenvalue weighted by molar-refractivity contribution is -0.144. The summed E-state index contributed by atoms with van der Waals surface area (Å²) in [7, 11) is -3.33. The summed E-state index contributed by atoms with van der Waals surface area (Å²) in [5.74, 6) is 0.543.